The second-order valence-electron chi connectivity index (χ2n) is 4.20. The summed E-state index contributed by atoms with van der Waals surface area (Å²) >= 11 is 1.46. The van der Waals surface area contributed by atoms with Gasteiger partial charge in [0.25, 0.3) is 0 Å². The first kappa shape index (κ1) is 17.1. The monoisotopic (exact) mass is 306 g/mol. The molecule has 21 heavy (non-hydrogen) atoms. The number of hydrogen-bond acceptors (Lipinski definition) is 5. The summed E-state index contributed by atoms with van der Waals surface area (Å²) in [6.45, 7) is 2.16. The van der Waals surface area contributed by atoms with E-state index in [1.807, 2.05) is 6.07 Å². The number of carbonyl (C=O) groups excluding carboxylic acids is 2. The van der Waals surface area contributed by atoms with Crippen molar-refractivity contribution in [1.82, 2.24) is 0 Å². The number of ether oxygens (including phenoxy) is 1. The summed E-state index contributed by atoms with van der Waals surface area (Å²) in [6.07, 6.45) is 1.07. The van der Waals surface area contributed by atoms with E-state index in [1.165, 1.54) is 11.8 Å². The maximum Gasteiger partial charge on any atom is 0.315 e. The average Bonchev–Trinajstić information content (AvgIpc) is 2.47. The lowest BCUT2D eigenvalue weighted by atomic mass is 10.2. The molecule has 0 aromatic heterocycles. The van der Waals surface area contributed by atoms with Crippen LogP contribution in [0.2, 0.25) is 0 Å². The molecule has 1 amide bonds. The van der Waals surface area contributed by atoms with Crippen LogP contribution in [0.4, 0.5) is 5.69 Å². The minimum absolute atomic E-state index is 0.0955. The third-order valence-corrected chi connectivity index (χ3v) is 3.51. The molecule has 1 N–H and O–H groups in total. The molecule has 0 atom stereocenters. The maximum absolute atomic E-state index is 11.7. The van der Waals surface area contributed by atoms with E-state index >= 15 is 0 Å². The van der Waals surface area contributed by atoms with Crippen molar-refractivity contribution < 1.29 is 14.3 Å². The van der Waals surface area contributed by atoms with Crippen LogP contribution in [0.15, 0.2) is 24.3 Å². The van der Waals surface area contributed by atoms with Gasteiger partial charge in [-0.3, -0.25) is 9.59 Å². The van der Waals surface area contributed by atoms with E-state index in [0.717, 1.165) is 5.75 Å². The predicted octanol–water partition coefficient (Wildman–Crippen LogP) is 2.57. The van der Waals surface area contributed by atoms with Crippen LogP contribution in [-0.2, 0) is 14.3 Å². The van der Waals surface area contributed by atoms with Gasteiger partial charge in [-0.05, 0) is 37.3 Å². The molecular formula is C15H18N2O3S. The van der Waals surface area contributed by atoms with E-state index < -0.39 is 0 Å². The highest BCUT2D eigenvalue weighted by Crippen LogP contribution is 2.11. The zero-order valence-corrected chi connectivity index (χ0v) is 12.7. The summed E-state index contributed by atoms with van der Waals surface area (Å²) in [4.78, 5) is 22.8. The SMILES string of the molecule is CCOC(=O)CSCCCC(=O)Nc1cccc(C#N)c1. The highest BCUT2D eigenvalue weighted by atomic mass is 32.2. The Hall–Kier alpha value is -2.00. The molecule has 0 radical (unpaired) electrons. The maximum atomic E-state index is 11.7. The molecule has 0 heterocycles. The number of hydrogen-bond donors (Lipinski definition) is 1. The molecule has 0 aliphatic heterocycles. The zero-order valence-electron chi connectivity index (χ0n) is 11.9. The van der Waals surface area contributed by atoms with Crippen molar-refractivity contribution in [2.24, 2.45) is 0 Å². The highest BCUT2D eigenvalue weighted by molar-refractivity contribution is 7.99. The summed E-state index contributed by atoms with van der Waals surface area (Å²) in [5.74, 6) is 0.728. The smallest absolute Gasteiger partial charge is 0.315 e. The second kappa shape index (κ2) is 9.83. The van der Waals surface area contributed by atoms with Gasteiger partial charge in [0.1, 0.15) is 0 Å². The third kappa shape index (κ3) is 7.37. The van der Waals surface area contributed by atoms with Crippen LogP contribution in [0, 0.1) is 11.3 Å². The summed E-state index contributed by atoms with van der Waals surface area (Å²) in [7, 11) is 0. The number of amides is 1. The molecule has 1 aromatic rings. The fourth-order valence-corrected chi connectivity index (χ4v) is 2.33. The molecule has 5 nitrogen and oxygen atoms in total. The van der Waals surface area contributed by atoms with Crippen molar-refractivity contribution in [2.75, 3.05) is 23.4 Å². The molecule has 0 aliphatic rings. The van der Waals surface area contributed by atoms with Crippen molar-refractivity contribution in [3.05, 3.63) is 29.8 Å². The molecule has 0 spiro atoms. The highest BCUT2D eigenvalue weighted by Gasteiger charge is 2.05. The largest absolute Gasteiger partial charge is 0.465 e. The van der Waals surface area contributed by atoms with E-state index in [0.29, 0.717) is 36.5 Å². The van der Waals surface area contributed by atoms with Gasteiger partial charge in [0.2, 0.25) is 5.91 Å². The van der Waals surface area contributed by atoms with Gasteiger partial charge in [-0.2, -0.15) is 17.0 Å². The van der Waals surface area contributed by atoms with Gasteiger partial charge in [0.05, 0.1) is 24.0 Å². The molecular weight excluding hydrogens is 288 g/mol. The quantitative estimate of drug-likeness (QED) is 0.590. The number of nitriles is 1. The van der Waals surface area contributed by atoms with E-state index in [9.17, 15) is 9.59 Å². The van der Waals surface area contributed by atoms with Crippen LogP contribution in [0.1, 0.15) is 25.3 Å². The number of anilines is 1. The normalized spacial score (nSPS) is 9.71. The van der Waals surface area contributed by atoms with Gasteiger partial charge in [0.15, 0.2) is 0 Å². The molecule has 112 valence electrons. The fourth-order valence-electron chi connectivity index (χ4n) is 1.58. The number of nitrogens with one attached hydrogen (secondary N) is 1. The van der Waals surface area contributed by atoms with E-state index in [2.05, 4.69) is 5.32 Å². The number of thioether (sulfide) groups is 1. The zero-order chi connectivity index (χ0) is 15.5. The van der Waals surface area contributed by atoms with Gasteiger partial charge >= 0.3 is 5.97 Å². The van der Waals surface area contributed by atoms with Crippen LogP contribution in [0.3, 0.4) is 0 Å². The number of nitrogens with zero attached hydrogens (tertiary/aromatic N) is 1. The molecule has 0 saturated carbocycles. The van der Waals surface area contributed by atoms with Crippen molar-refractivity contribution in [3.8, 4) is 6.07 Å². The lowest BCUT2D eigenvalue weighted by Gasteiger charge is -2.05. The average molecular weight is 306 g/mol. The van der Waals surface area contributed by atoms with Crippen LogP contribution in [0.5, 0.6) is 0 Å². The van der Waals surface area contributed by atoms with Crippen molar-refractivity contribution >= 4 is 29.3 Å². The lowest BCUT2D eigenvalue weighted by molar-refractivity contribution is -0.139. The Labute approximate surface area is 128 Å². The lowest BCUT2D eigenvalue weighted by Crippen LogP contribution is -2.12. The van der Waals surface area contributed by atoms with Crippen molar-refractivity contribution in [3.63, 3.8) is 0 Å². The van der Waals surface area contributed by atoms with E-state index in [1.54, 1.807) is 31.2 Å². The molecule has 0 aliphatic carbocycles. The van der Waals surface area contributed by atoms with Crippen molar-refractivity contribution in [2.45, 2.75) is 19.8 Å². The van der Waals surface area contributed by atoms with Crippen LogP contribution >= 0.6 is 11.8 Å². The minimum Gasteiger partial charge on any atom is -0.465 e. The minimum atomic E-state index is -0.222. The Morgan fingerprint density at radius 2 is 2.24 bits per heavy atom. The summed E-state index contributed by atoms with van der Waals surface area (Å²) < 4.78 is 4.80. The Balaban J connectivity index is 2.19. The predicted molar refractivity (Wildman–Crippen MR) is 83.0 cm³/mol. The fraction of sp³-hybridized carbons (Fsp3) is 0.400. The molecule has 0 saturated heterocycles. The van der Waals surface area contributed by atoms with Crippen LogP contribution in [0.25, 0.3) is 0 Å². The van der Waals surface area contributed by atoms with Gasteiger partial charge < -0.3 is 10.1 Å². The van der Waals surface area contributed by atoms with Crippen LogP contribution < -0.4 is 5.32 Å². The van der Waals surface area contributed by atoms with Gasteiger partial charge in [-0.25, -0.2) is 0 Å². The molecule has 1 aromatic carbocycles. The topological polar surface area (TPSA) is 79.2 Å². The first-order valence-electron chi connectivity index (χ1n) is 6.69. The number of rotatable bonds is 8. The molecule has 6 heteroatoms. The first-order chi connectivity index (χ1) is 10.2. The Kier molecular flexibility index (Phi) is 7.99. The van der Waals surface area contributed by atoms with Crippen molar-refractivity contribution in [1.29, 1.82) is 5.26 Å². The molecule has 0 unspecified atom stereocenters. The van der Waals surface area contributed by atoms with E-state index in [4.69, 9.17) is 10.00 Å². The standard InChI is InChI=1S/C15H18N2O3S/c1-2-20-15(19)11-21-8-4-7-14(18)17-13-6-3-5-12(9-13)10-16/h3,5-6,9H,2,4,7-8,11H2,1H3,(H,17,18). The Morgan fingerprint density at radius 1 is 1.43 bits per heavy atom. The summed E-state index contributed by atoms with van der Waals surface area (Å²) in [5.41, 5.74) is 1.14. The third-order valence-electron chi connectivity index (χ3n) is 2.49. The second-order valence-corrected chi connectivity index (χ2v) is 5.31. The summed E-state index contributed by atoms with van der Waals surface area (Å²) in [6, 6.07) is 8.81. The molecule has 0 bridgehead atoms. The Morgan fingerprint density at radius 3 is 2.95 bits per heavy atom. The molecule has 1 rings (SSSR count). The van der Waals surface area contributed by atoms with Gasteiger partial charge in [-0.1, -0.05) is 6.07 Å². The van der Waals surface area contributed by atoms with Crippen LogP contribution in [-0.4, -0.2) is 30.0 Å². The number of carbonyl (C=O) groups is 2. The van der Waals surface area contributed by atoms with E-state index in [-0.39, 0.29) is 11.9 Å². The first-order valence-corrected chi connectivity index (χ1v) is 7.84. The Bertz CT molecular complexity index is 526. The van der Waals surface area contributed by atoms with Gasteiger partial charge in [0, 0.05) is 12.1 Å². The number of benzene rings is 1. The molecule has 0 fully saturated rings. The van der Waals surface area contributed by atoms with Gasteiger partial charge in [-0.15, -0.1) is 0 Å². The number of esters is 1. The summed E-state index contributed by atoms with van der Waals surface area (Å²) in [5, 5.41) is 11.5.